The molecular formula is C9H12N4O5. The van der Waals surface area contributed by atoms with Crippen molar-refractivity contribution in [2.75, 3.05) is 26.8 Å². The van der Waals surface area contributed by atoms with Crippen LogP contribution in [0, 0.1) is 16.0 Å². The van der Waals surface area contributed by atoms with Gasteiger partial charge < -0.3 is 4.74 Å². The van der Waals surface area contributed by atoms with Crippen molar-refractivity contribution >= 4 is 17.8 Å². The molecule has 2 rings (SSSR count). The van der Waals surface area contributed by atoms with Gasteiger partial charge in [0.1, 0.15) is 5.10 Å². The average molecular weight is 256 g/mol. The Kier molecular flexibility index (Phi) is 3.24. The van der Waals surface area contributed by atoms with Crippen LogP contribution in [0.5, 0.6) is 0 Å². The van der Waals surface area contributed by atoms with Gasteiger partial charge in [-0.15, -0.1) is 0 Å². The van der Waals surface area contributed by atoms with Crippen molar-refractivity contribution in [1.29, 1.82) is 0 Å². The SMILES string of the molecule is CN1C(=O)C(=O)N(CC2CCOC2)C1=N[N+](=O)[O-]. The summed E-state index contributed by atoms with van der Waals surface area (Å²) in [5, 5.41) is 12.6. The normalized spacial score (nSPS) is 26.5. The second kappa shape index (κ2) is 4.69. The first-order valence-corrected chi connectivity index (χ1v) is 5.41. The van der Waals surface area contributed by atoms with E-state index < -0.39 is 16.8 Å². The summed E-state index contributed by atoms with van der Waals surface area (Å²) in [5.41, 5.74) is 0. The predicted molar refractivity (Wildman–Crippen MR) is 57.8 cm³/mol. The summed E-state index contributed by atoms with van der Waals surface area (Å²) < 4.78 is 5.16. The Labute approximate surface area is 102 Å². The van der Waals surface area contributed by atoms with Crippen molar-refractivity contribution in [1.82, 2.24) is 9.80 Å². The maximum atomic E-state index is 11.7. The molecule has 1 unspecified atom stereocenters. The van der Waals surface area contributed by atoms with Crippen LogP contribution < -0.4 is 0 Å². The van der Waals surface area contributed by atoms with Gasteiger partial charge in [0.25, 0.3) is 5.96 Å². The highest BCUT2D eigenvalue weighted by atomic mass is 16.7. The molecule has 0 saturated carbocycles. The summed E-state index contributed by atoms with van der Waals surface area (Å²) in [6.07, 6.45) is 0.757. The molecule has 2 amide bonds. The first-order valence-electron chi connectivity index (χ1n) is 5.41. The van der Waals surface area contributed by atoms with Gasteiger partial charge in [0.05, 0.1) is 6.61 Å². The molecule has 0 radical (unpaired) electrons. The number of amides is 2. The fourth-order valence-corrected chi connectivity index (χ4v) is 1.97. The summed E-state index contributed by atoms with van der Waals surface area (Å²) in [7, 11) is 1.29. The van der Waals surface area contributed by atoms with Crippen LogP contribution in [-0.4, -0.2) is 59.4 Å². The van der Waals surface area contributed by atoms with E-state index in [1.165, 1.54) is 7.05 Å². The van der Waals surface area contributed by atoms with E-state index in [4.69, 9.17) is 4.74 Å². The molecule has 0 aliphatic carbocycles. The van der Waals surface area contributed by atoms with Crippen LogP contribution in [0.25, 0.3) is 0 Å². The molecule has 0 bridgehead atoms. The predicted octanol–water partition coefficient (Wildman–Crippen LogP) is -1.13. The molecule has 2 fully saturated rings. The Morgan fingerprint density at radius 3 is 2.78 bits per heavy atom. The second-order valence-corrected chi connectivity index (χ2v) is 4.15. The quantitative estimate of drug-likeness (QED) is 0.361. The van der Waals surface area contributed by atoms with Gasteiger partial charge in [-0.2, -0.15) is 0 Å². The monoisotopic (exact) mass is 256 g/mol. The Morgan fingerprint density at radius 1 is 1.50 bits per heavy atom. The molecule has 2 saturated heterocycles. The lowest BCUT2D eigenvalue weighted by Crippen LogP contribution is -2.37. The highest BCUT2D eigenvalue weighted by molar-refractivity contribution is 6.45. The van der Waals surface area contributed by atoms with Crippen molar-refractivity contribution in [3.63, 3.8) is 0 Å². The molecule has 2 aliphatic heterocycles. The van der Waals surface area contributed by atoms with Gasteiger partial charge in [0.2, 0.25) is 0 Å². The minimum absolute atomic E-state index is 0.0743. The van der Waals surface area contributed by atoms with E-state index in [1.54, 1.807) is 0 Å². The average Bonchev–Trinajstić information content (AvgIpc) is 2.88. The fourth-order valence-electron chi connectivity index (χ4n) is 1.97. The van der Waals surface area contributed by atoms with E-state index in [0.717, 1.165) is 16.2 Å². The van der Waals surface area contributed by atoms with Gasteiger partial charge in [-0.3, -0.25) is 19.4 Å². The van der Waals surface area contributed by atoms with Crippen LogP contribution >= 0.6 is 0 Å². The van der Waals surface area contributed by atoms with E-state index in [2.05, 4.69) is 5.10 Å². The third kappa shape index (κ3) is 2.16. The molecule has 18 heavy (non-hydrogen) atoms. The maximum absolute atomic E-state index is 11.7. The summed E-state index contributed by atoms with van der Waals surface area (Å²) in [4.78, 5) is 35.5. The first kappa shape index (κ1) is 12.4. The standard InChI is InChI=1S/C9H12N4O5/c1-11-7(14)8(15)12(9(11)10-13(16)17)4-6-2-3-18-5-6/h6H,2-5H2,1H3. The third-order valence-corrected chi connectivity index (χ3v) is 2.91. The molecular weight excluding hydrogens is 244 g/mol. The first-order chi connectivity index (χ1) is 8.50. The zero-order valence-corrected chi connectivity index (χ0v) is 9.74. The van der Waals surface area contributed by atoms with Gasteiger partial charge >= 0.3 is 11.8 Å². The fraction of sp³-hybridized carbons (Fsp3) is 0.667. The summed E-state index contributed by atoms with van der Waals surface area (Å²) in [6.45, 7) is 1.28. The van der Waals surface area contributed by atoms with Crippen molar-refractivity contribution in [3.05, 3.63) is 10.1 Å². The van der Waals surface area contributed by atoms with Gasteiger partial charge in [-0.1, -0.05) is 0 Å². The Morgan fingerprint density at radius 2 is 2.22 bits per heavy atom. The second-order valence-electron chi connectivity index (χ2n) is 4.15. The van der Waals surface area contributed by atoms with Crippen molar-refractivity contribution in [2.45, 2.75) is 6.42 Å². The molecule has 0 aromatic rings. The van der Waals surface area contributed by atoms with Gasteiger partial charge in [-0.05, 0) is 6.42 Å². The lowest BCUT2D eigenvalue weighted by Gasteiger charge is -2.17. The molecule has 0 spiro atoms. The largest absolute Gasteiger partial charge is 0.381 e. The van der Waals surface area contributed by atoms with Gasteiger partial charge in [-0.25, -0.2) is 10.1 Å². The molecule has 9 nitrogen and oxygen atoms in total. The van der Waals surface area contributed by atoms with E-state index in [1.807, 2.05) is 0 Å². The Balaban J connectivity index is 2.20. The smallest absolute Gasteiger partial charge is 0.319 e. The van der Waals surface area contributed by atoms with E-state index >= 15 is 0 Å². The molecule has 0 aromatic carbocycles. The number of nitro groups is 1. The van der Waals surface area contributed by atoms with Gasteiger partial charge in [0.15, 0.2) is 5.03 Å². The third-order valence-electron chi connectivity index (χ3n) is 2.91. The van der Waals surface area contributed by atoms with Crippen LogP contribution in [0.3, 0.4) is 0 Å². The minimum atomic E-state index is -0.921. The van der Waals surface area contributed by atoms with Crippen LogP contribution in [0.15, 0.2) is 5.10 Å². The summed E-state index contributed by atoms with van der Waals surface area (Å²) >= 11 is 0. The minimum Gasteiger partial charge on any atom is -0.381 e. The number of guanidine groups is 1. The molecule has 9 heteroatoms. The van der Waals surface area contributed by atoms with Crippen LogP contribution in [-0.2, 0) is 14.3 Å². The molecule has 2 aliphatic rings. The van der Waals surface area contributed by atoms with Crippen LogP contribution in [0.4, 0.5) is 0 Å². The highest BCUT2D eigenvalue weighted by Crippen LogP contribution is 2.18. The zero-order valence-electron chi connectivity index (χ0n) is 9.74. The molecule has 1 atom stereocenters. The van der Waals surface area contributed by atoms with Crippen LogP contribution in [0.1, 0.15) is 6.42 Å². The molecule has 0 N–H and O–H groups in total. The number of carbonyl (C=O) groups excluding carboxylic acids is 2. The molecule has 98 valence electrons. The van der Waals surface area contributed by atoms with Crippen molar-refractivity contribution < 1.29 is 19.4 Å². The Hall–Kier alpha value is -2.03. The summed E-state index contributed by atoms with van der Waals surface area (Å²) in [5.74, 6) is -1.76. The van der Waals surface area contributed by atoms with Crippen LogP contribution in [0.2, 0.25) is 0 Å². The van der Waals surface area contributed by atoms with E-state index in [9.17, 15) is 19.7 Å². The molecule has 2 heterocycles. The van der Waals surface area contributed by atoms with E-state index in [0.29, 0.717) is 13.2 Å². The topological polar surface area (TPSA) is 105 Å². The van der Waals surface area contributed by atoms with Crippen molar-refractivity contribution in [3.8, 4) is 0 Å². The number of hydrazone groups is 1. The number of likely N-dealkylation sites (N-methyl/N-ethyl adjacent to an activating group) is 1. The van der Waals surface area contributed by atoms with E-state index in [-0.39, 0.29) is 18.4 Å². The lowest BCUT2D eigenvalue weighted by molar-refractivity contribution is -0.486. The number of carbonyl (C=O) groups is 2. The number of hydrogen-bond donors (Lipinski definition) is 0. The summed E-state index contributed by atoms with van der Waals surface area (Å²) in [6, 6.07) is 0. The number of ether oxygens (including phenoxy) is 1. The Bertz CT molecular complexity index is 429. The number of rotatable bonds is 3. The zero-order chi connectivity index (χ0) is 13.3. The van der Waals surface area contributed by atoms with Gasteiger partial charge in [0, 0.05) is 26.1 Å². The lowest BCUT2D eigenvalue weighted by atomic mass is 10.1. The number of hydrogen-bond acceptors (Lipinski definition) is 5. The number of nitrogens with zero attached hydrogens (tertiary/aromatic N) is 4. The maximum Gasteiger partial charge on any atom is 0.319 e. The highest BCUT2D eigenvalue weighted by Gasteiger charge is 2.43. The van der Waals surface area contributed by atoms with Crippen molar-refractivity contribution in [2.24, 2.45) is 11.0 Å². The molecule has 0 aromatic heterocycles.